The van der Waals surface area contributed by atoms with Crippen LogP contribution in [0.5, 0.6) is 5.75 Å². The monoisotopic (exact) mass is 625 g/mol. The van der Waals surface area contributed by atoms with Gasteiger partial charge in [0, 0.05) is 14.5 Å². The second-order valence-electron chi connectivity index (χ2n) is 9.94. The van der Waals surface area contributed by atoms with Gasteiger partial charge in [-0.3, -0.25) is 4.79 Å². The van der Waals surface area contributed by atoms with Crippen molar-refractivity contribution in [1.82, 2.24) is 5.32 Å². The van der Waals surface area contributed by atoms with E-state index in [0.717, 1.165) is 6.04 Å². The number of nitrogens with one attached hydrogen (secondary N) is 1. The molecule has 0 saturated heterocycles. The van der Waals surface area contributed by atoms with Gasteiger partial charge in [-0.1, -0.05) is 90.3 Å². The molecule has 3 aromatic rings. The Bertz CT molecular complexity index is 1320. The van der Waals surface area contributed by atoms with Gasteiger partial charge in [-0.25, -0.2) is 9.59 Å². The van der Waals surface area contributed by atoms with Gasteiger partial charge < -0.3 is 14.8 Å². The fourth-order valence-electron chi connectivity index (χ4n) is 3.44. The third-order valence-electron chi connectivity index (χ3n) is 5.62. The first-order chi connectivity index (χ1) is 18.4. The first-order valence-electron chi connectivity index (χ1n) is 12.0. The molecule has 0 aromatic heterocycles. The van der Waals surface area contributed by atoms with Gasteiger partial charge in [-0.05, 0) is 48.0 Å². The number of ether oxygens (including phenoxy) is 2. The van der Waals surface area contributed by atoms with Crippen molar-refractivity contribution >= 4 is 72.3 Å². The molecular weight excluding hydrogens is 600 g/mol. The quantitative estimate of drug-likeness (QED) is 0.141. The van der Waals surface area contributed by atoms with E-state index < -0.39 is 32.0 Å². The minimum atomic E-state index is -1.44. The van der Waals surface area contributed by atoms with Gasteiger partial charge in [-0.2, -0.15) is 0 Å². The molecule has 1 N–H and O–H groups in total. The Kier molecular flexibility index (Phi) is 10.9. The molecule has 0 unspecified atom stereocenters. The average Bonchev–Trinajstić information content (AvgIpc) is 2.85. The SMILES string of the molecule is C[Si](C)(C)CCOC(=O)[C@H](Cc1ccc(C(=O)Oc2c(Cl)cccc2Cl)cc1)NC(=O)c1c(Cl)cccc1Cl. The molecule has 0 aliphatic rings. The Hall–Kier alpha value is -2.55. The van der Waals surface area contributed by atoms with E-state index in [9.17, 15) is 14.4 Å². The van der Waals surface area contributed by atoms with E-state index in [0.29, 0.717) is 5.56 Å². The van der Waals surface area contributed by atoms with E-state index in [4.69, 9.17) is 55.9 Å². The van der Waals surface area contributed by atoms with Crippen molar-refractivity contribution in [2.75, 3.05) is 6.61 Å². The Labute approximate surface area is 248 Å². The standard InChI is InChI=1S/C28H27Cl4NO5Si/c1-39(2,3)15-14-37-28(36)23(33-26(34)24-19(29)6-4-7-20(24)30)16-17-10-12-18(13-11-17)27(35)38-25-21(31)8-5-9-22(25)32/h4-13,23H,14-16H2,1-3H3,(H,33,34)/t23-/m0/s1. The summed E-state index contributed by atoms with van der Waals surface area (Å²) in [7, 11) is -1.44. The average molecular weight is 627 g/mol. The molecule has 0 radical (unpaired) electrons. The highest BCUT2D eigenvalue weighted by Gasteiger charge is 2.26. The van der Waals surface area contributed by atoms with Crippen LogP contribution in [-0.2, 0) is 16.0 Å². The van der Waals surface area contributed by atoms with Crippen molar-refractivity contribution < 1.29 is 23.9 Å². The summed E-state index contributed by atoms with van der Waals surface area (Å²) in [6, 6.07) is 15.6. The third kappa shape index (κ3) is 8.98. The van der Waals surface area contributed by atoms with Crippen LogP contribution in [0.2, 0.25) is 45.8 Å². The number of benzene rings is 3. The molecule has 0 bridgehead atoms. The zero-order chi connectivity index (χ0) is 28.7. The first-order valence-corrected chi connectivity index (χ1v) is 17.2. The predicted octanol–water partition coefficient (Wildman–Crippen LogP) is 7.74. The van der Waals surface area contributed by atoms with Crippen LogP contribution in [0.15, 0.2) is 60.7 Å². The highest BCUT2D eigenvalue weighted by molar-refractivity contribution is 6.76. The Balaban J connectivity index is 1.76. The van der Waals surface area contributed by atoms with Gasteiger partial charge >= 0.3 is 11.9 Å². The number of esters is 2. The normalized spacial score (nSPS) is 12.0. The summed E-state index contributed by atoms with van der Waals surface area (Å²) >= 11 is 24.5. The van der Waals surface area contributed by atoms with E-state index in [2.05, 4.69) is 25.0 Å². The molecule has 0 saturated carbocycles. The number of halogens is 4. The number of carbonyl (C=O) groups excluding carboxylic acids is 3. The van der Waals surface area contributed by atoms with Crippen molar-refractivity contribution in [3.05, 3.63) is 97.4 Å². The molecule has 0 aliphatic heterocycles. The van der Waals surface area contributed by atoms with Gasteiger partial charge in [-0.15, -0.1) is 0 Å². The van der Waals surface area contributed by atoms with Crippen LogP contribution in [0.4, 0.5) is 0 Å². The lowest BCUT2D eigenvalue weighted by Gasteiger charge is -2.20. The molecule has 39 heavy (non-hydrogen) atoms. The summed E-state index contributed by atoms with van der Waals surface area (Å²) < 4.78 is 10.9. The molecule has 11 heteroatoms. The zero-order valence-electron chi connectivity index (χ0n) is 21.5. The Morgan fingerprint density at radius 1 is 0.821 bits per heavy atom. The number of para-hydroxylation sites is 1. The highest BCUT2D eigenvalue weighted by atomic mass is 35.5. The van der Waals surface area contributed by atoms with Crippen LogP contribution in [0.3, 0.4) is 0 Å². The van der Waals surface area contributed by atoms with Crippen LogP contribution < -0.4 is 10.1 Å². The predicted molar refractivity (Wildman–Crippen MR) is 158 cm³/mol. The Morgan fingerprint density at radius 3 is 1.90 bits per heavy atom. The number of carbonyl (C=O) groups is 3. The van der Waals surface area contributed by atoms with Crippen molar-refractivity contribution in [3.63, 3.8) is 0 Å². The summed E-state index contributed by atoms with van der Waals surface area (Å²) in [6.45, 7) is 6.77. The number of rotatable bonds is 10. The lowest BCUT2D eigenvalue weighted by Crippen LogP contribution is -2.44. The van der Waals surface area contributed by atoms with E-state index in [-0.39, 0.29) is 50.0 Å². The van der Waals surface area contributed by atoms with Crippen LogP contribution in [0.25, 0.3) is 0 Å². The largest absolute Gasteiger partial charge is 0.464 e. The first kappa shape index (κ1) is 31.0. The van der Waals surface area contributed by atoms with E-state index in [1.807, 2.05) is 0 Å². The highest BCUT2D eigenvalue weighted by Crippen LogP contribution is 2.33. The molecule has 206 valence electrons. The lowest BCUT2D eigenvalue weighted by molar-refractivity contribution is -0.145. The maximum absolute atomic E-state index is 13.0. The summed E-state index contributed by atoms with van der Waals surface area (Å²) in [5.74, 6) is -1.77. The smallest absolute Gasteiger partial charge is 0.343 e. The second-order valence-corrected chi connectivity index (χ2v) is 17.2. The molecular formula is C28H27Cl4NO5Si. The van der Waals surface area contributed by atoms with E-state index >= 15 is 0 Å². The van der Waals surface area contributed by atoms with Gasteiger partial charge in [0.15, 0.2) is 5.75 Å². The van der Waals surface area contributed by atoms with Gasteiger partial charge in [0.1, 0.15) is 6.04 Å². The fraction of sp³-hybridized carbons (Fsp3) is 0.250. The molecule has 6 nitrogen and oxygen atoms in total. The molecule has 1 amide bonds. The van der Waals surface area contributed by atoms with Crippen LogP contribution in [0.1, 0.15) is 26.3 Å². The minimum Gasteiger partial charge on any atom is -0.464 e. The zero-order valence-corrected chi connectivity index (χ0v) is 25.5. The van der Waals surface area contributed by atoms with Crippen molar-refractivity contribution in [2.24, 2.45) is 0 Å². The Morgan fingerprint density at radius 2 is 1.36 bits per heavy atom. The fourth-order valence-corrected chi connectivity index (χ4v) is 5.20. The van der Waals surface area contributed by atoms with Crippen molar-refractivity contribution in [1.29, 1.82) is 0 Å². The molecule has 3 aromatic carbocycles. The van der Waals surface area contributed by atoms with Crippen molar-refractivity contribution in [2.45, 2.75) is 38.1 Å². The number of amides is 1. The topological polar surface area (TPSA) is 81.7 Å². The molecule has 0 heterocycles. The van der Waals surface area contributed by atoms with E-state index in [1.165, 1.54) is 12.1 Å². The number of hydrogen-bond acceptors (Lipinski definition) is 5. The maximum Gasteiger partial charge on any atom is 0.343 e. The number of hydrogen-bond donors (Lipinski definition) is 1. The van der Waals surface area contributed by atoms with Crippen molar-refractivity contribution in [3.8, 4) is 5.75 Å². The summed E-state index contributed by atoms with van der Waals surface area (Å²) in [5, 5.41) is 3.43. The van der Waals surface area contributed by atoms with E-state index in [1.54, 1.807) is 48.5 Å². The van der Waals surface area contributed by atoms with Gasteiger partial charge in [0.25, 0.3) is 5.91 Å². The van der Waals surface area contributed by atoms with Crippen LogP contribution in [0, 0.1) is 0 Å². The summed E-state index contributed by atoms with van der Waals surface area (Å²) in [4.78, 5) is 38.7. The van der Waals surface area contributed by atoms with Gasteiger partial charge in [0.05, 0.1) is 37.8 Å². The molecule has 0 spiro atoms. The molecule has 0 fully saturated rings. The maximum atomic E-state index is 13.0. The second kappa shape index (κ2) is 13.7. The molecule has 3 rings (SSSR count). The summed E-state index contributed by atoms with van der Waals surface area (Å²) in [5.41, 5.74) is 0.980. The lowest BCUT2D eigenvalue weighted by atomic mass is 10.0. The van der Waals surface area contributed by atoms with Crippen LogP contribution >= 0.6 is 46.4 Å². The minimum absolute atomic E-state index is 0.0667. The summed E-state index contributed by atoms with van der Waals surface area (Å²) in [6.07, 6.45) is 0.102. The third-order valence-corrected chi connectivity index (χ3v) is 8.55. The van der Waals surface area contributed by atoms with Gasteiger partial charge in [0.2, 0.25) is 0 Å². The molecule has 1 atom stereocenters. The molecule has 0 aliphatic carbocycles. The van der Waals surface area contributed by atoms with Crippen LogP contribution in [-0.4, -0.2) is 38.6 Å².